The minimum atomic E-state index is -5.08. The number of amides is 1. The molecule has 1 aliphatic rings. The Morgan fingerprint density at radius 2 is 2.07 bits per heavy atom. The highest BCUT2D eigenvalue weighted by Gasteiger charge is 2.38. The molecule has 1 aliphatic heterocycles. The molecule has 0 aliphatic carbocycles. The summed E-state index contributed by atoms with van der Waals surface area (Å²) in [5, 5.41) is 15.5. The fourth-order valence-corrected chi connectivity index (χ4v) is 3.41. The van der Waals surface area contributed by atoms with E-state index in [4.69, 9.17) is 14.6 Å². The molecule has 0 spiro atoms. The minimum Gasteiger partial charge on any atom is -0.475 e. The van der Waals surface area contributed by atoms with Crippen LogP contribution in [0.15, 0.2) is 29.1 Å². The van der Waals surface area contributed by atoms with Crippen molar-refractivity contribution < 1.29 is 32.6 Å². The van der Waals surface area contributed by atoms with Gasteiger partial charge in [-0.1, -0.05) is 0 Å². The normalized spacial score (nSPS) is 16.6. The summed E-state index contributed by atoms with van der Waals surface area (Å²) in [5.74, 6) is -2.31. The summed E-state index contributed by atoms with van der Waals surface area (Å²) < 4.78 is 39.0. The Morgan fingerprint density at radius 3 is 2.64 bits per heavy atom. The number of alkyl halides is 3. The van der Waals surface area contributed by atoms with Gasteiger partial charge < -0.3 is 14.7 Å². The number of ether oxygens (including phenoxy) is 1. The number of hydrogen-bond donors (Lipinski definition) is 1. The van der Waals surface area contributed by atoms with E-state index in [0.717, 1.165) is 24.3 Å². The lowest BCUT2D eigenvalue weighted by molar-refractivity contribution is -0.192. The number of thiophene rings is 1. The molecule has 0 saturated heterocycles. The Kier molecular flexibility index (Phi) is 7.58. The zero-order valence-corrected chi connectivity index (χ0v) is 15.9. The molecule has 0 bridgehead atoms. The van der Waals surface area contributed by atoms with E-state index in [2.05, 4.69) is 5.10 Å². The van der Waals surface area contributed by atoms with Crippen LogP contribution >= 0.6 is 11.3 Å². The van der Waals surface area contributed by atoms with Crippen molar-refractivity contribution in [1.29, 1.82) is 0 Å². The Balaban J connectivity index is 0.000000345. The Hall–Kier alpha value is -2.40. The van der Waals surface area contributed by atoms with E-state index in [9.17, 15) is 18.0 Å². The van der Waals surface area contributed by atoms with Crippen LogP contribution in [0.1, 0.15) is 11.3 Å². The highest BCUT2D eigenvalue weighted by atomic mass is 32.1. The number of carbonyl (C=O) groups excluding carboxylic acids is 1. The predicted molar refractivity (Wildman–Crippen MR) is 94.7 cm³/mol. The van der Waals surface area contributed by atoms with Gasteiger partial charge in [-0.05, 0) is 28.5 Å². The molecular weight excluding hydrogens is 399 g/mol. The average Bonchev–Trinajstić information content (AvgIpc) is 3.23. The van der Waals surface area contributed by atoms with E-state index in [1.807, 2.05) is 32.5 Å². The summed E-state index contributed by atoms with van der Waals surface area (Å²) >= 11 is 1.63. The molecule has 3 rings (SSSR count). The highest BCUT2D eigenvalue weighted by molar-refractivity contribution is 7.08. The first-order valence-electron chi connectivity index (χ1n) is 8.29. The molecule has 0 radical (unpaired) electrons. The number of nitrogens with zero attached hydrogens (tertiary/aromatic N) is 3. The molecule has 11 heteroatoms. The molecule has 0 fully saturated rings. The third-order valence-electron chi connectivity index (χ3n) is 4.00. The smallest absolute Gasteiger partial charge is 0.475 e. The van der Waals surface area contributed by atoms with Gasteiger partial charge in [0, 0.05) is 32.3 Å². The maximum Gasteiger partial charge on any atom is 0.490 e. The quantitative estimate of drug-likeness (QED) is 0.823. The number of rotatable bonds is 4. The molecule has 1 unspecified atom stereocenters. The minimum absolute atomic E-state index is 0.171. The number of methoxy groups -OCH3 is 1. The standard InChI is InChI=1S/C15H19N3O2S.C2HF3O2/c1-20-10-13-7-17(9-14-2-4-16-18(14)8-13)15(19)6-12-3-5-21-11-12;3-2(4,5)1(6)7/h2-5,11,13H,6-10H2,1H3;(H,6,7). The first kappa shape index (κ1) is 21.9. The van der Waals surface area contributed by atoms with Crippen LogP contribution < -0.4 is 0 Å². The average molecular weight is 419 g/mol. The molecule has 28 heavy (non-hydrogen) atoms. The molecule has 0 aromatic carbocycles. The molecule has 0 saturated carbocycles. The lowest BCUT2D eigenvalue weighted by Gasteiger charge is -2.23. The van der Waals surface area contributed by atoms with Crippen molar-refractivity contribution in [2.24, 2.45) is 5.92 Å². The first-order chi connectivity index (χ1) is 13.2. The summed E-state index contributed by atoms with van der Waals surface area (Å²) in [4.78, 5) is 23.4. The molecule has 154 valence electrons. The van der Waals surface area contributed by atoms with Crippen molar-refractivity contribution in [3.05, 3.63) is 40.3 Å². The second-order valence-corrected chi connectivity index (χ2v) is 6.99. The molecule has 1 amide bonds. The second-order valence-electron chi connectivity index (χ2n) is 6.21. The topological polar surface area (TPSA) is 84.7 Å². The van der Waals surface area contributed by atoms with Crippen LogP contribution in [-0.4, -0.2) is 58.1 Å². The zero-order chi connectivity index (χ0) is 20.7. The van der Waals surface area contributed by atoms with Gasteiger partial charge in [-0.25, -0.2) is 4.79 Å². The van der Waals surface area contributed by atoms with Crippen LogP contribution in [0.3, 0.4) is 0 Å². The largest absolute Gasteiger partial charge is 0.490 e. The second kappa shape index (κ2) is 9.69. The zero-order valence-electron chi connectivity index (χ0n) is 15.1. The maximum absolute atomic E-state index is 12.6. The molecule has 3 heterocycles. The monoisotopic (exact) mass is 419 g/mol. The van der Waals surface area contributed by atoms with E-state index >= 15 is 0 Å². The summed E-state index contributed by atoms with van der Waals surface area (Å²) in [6.45, 7) is 2.79. The van der Waals surface area contributed by atoms with Gasteiger partial charge in [0.25, 0.3) is 0 Å². The van der Waals surface area contributed by atoms with Gasteiger partial charge in [-0.15, -0.1) is 0 Å². The number of carbonyl (C=O) groups is 2. The molecular formula is C17H20F3N3O4S. The van der Waals surface area contributed by atoms with Gasteiger partial charge in [0.1, 0.15) is 0 Å². The van der Waals surface area contributed by atoms with Crippen LogP contribution in [0.5, 0.6) is 0 Å². The highest BCUT2D eigenvalue weighted by Crippen LogP contribution is 2.18. The molecule has 2 aromatic heterocycles. The number of aromatic nitrogens is 2. The lowest BCUT2D eigenvalue weighted by atomic mass is 10.1. The number of halogens is 3. The van der Waals surface area contributed by atoms with Crippen molar-refractivity contribution in [2.75, 3.05) is 20.3 Å². The van der Waals surface area contributed by atoms with Crippen molar-refractivity contribution in [2.45, 2.75) is 25.7 Å². The van der Waals surface area contributed by atoms with Gasteiger partial charge in [-0.3, -0.25) is 9.48 Å². The van der Waals surface area contributed by atoms with E-state index in [1.165, 1.54) is 0 Å². The molecule has 1 N–H and O–H groups in total. The Bertz CT molecular complexity index is 777. The van der Waals surface area contributed by atoms with Gasteiger partial charge in [0.15, 0.2) is 0 Å². The van der Waals surface area contributed by atoms with E-state index in [1.54, 1.807) is 24.6 Å². The molecule has 1 atom stereocenters. The van der Waals surface area contributed by atoms with E-state index < -0.39 is 12.1 Å². The summed E-state index contributed by atoms with van der Waals surface area (Å²) in [7, 11) is 1.70. The SMILES string of the molecule is COCC1CN(C(=O)Cc2ccsc2)Cc2ccnn2C1.O=C(O)C(F)(F)F. The summed E-state index contributed by atoms with van der Waals surface area (Å²) in [5.41, 5.74) is 2.18. The number of aliphatic carboxylic acids is 1. The fraction of sp³-hybridized carbons (Fsp3) is 0.471. The van der Waals surface area contributed by atoms with Crippen molar-refractivity contribution in [3.8, 4) is 0 Å². The predicted octanol–water partition coefficient (Wildman–Crippen LogP) is 2.43. The van der Waals surface area contributed by atoms with E-state index in [-0.39, 0.29) is 11.8 Å². The van der Waals surface area contributed by atoms with Crippen LogP contribution in [0.25, 0.3) is 0 Å². The first-order valence-corrected chi connectivity index (χ1v) is 9.23. The number of hydrogen-bond acceptors (Lipinski definition) is 5. The van der Waals surface area contributed by atoms with Crippen molar-refractivity contribution >= 4 is 23.2 Å². The molecule has 2 aromatic rings. The fourth-order valence-electron chi connectivity index (χ4n) is 2.74. The van der Waals surface area contributed by atoms with Gasteiger partial charge >= 0.3 is 12.1 Å². The molecule has 7 nitrogen and oxygen atoms in total. The number of fused-ring (bicyclic) bond motifs is 1. The summed E-state index contributed by atoms with van der Waals surface area (Å²) in [6.07, 6.45) is -2.82. The van der Waals surface area contributed by atoms with Crippen molar-refractivity contribution in [1.82, 2.24) is 14.7 Å². The Labute approximate surface area is 163 Å². The lowest BCUT2D eigenvalue weighted by Crippen LogP contribution is -2.36. The third-order valence-corrected chi connectivity index (χ3v) is 4.73. The van der Waals surface area contributed by atoms with Crippen LogP contribution in [0, 0.1) is 5.92 Å². The van der Waals surface area contributed by atoms with Gasteiger partial charge in [-0.2, -0.15) is 29.6 Å². The van der Waals surface area contributed by atoms with Gasteiger partial charge in [0.2, 0.25) is 5.91 Å². The van der Waals surface area contributed by atoms with Crippen LogP contribution in [0.4, 0.5) is 13.2 Å². The summed E-state index contributed by atoms with van der Waals surface area (Å²) in [6, 6.07) is 4.00. The number of carboxylic acids is 1. The number of carboxylic acid groups (broad SMARTS) is 1. The van der Waals surface area contributed by atoms with Crippen LogP contribution in [0.2, 0.25) is 0 Å². The van der Waals surface area contributed by atoms with Crippen LogP contribution in [-0.2, 0) is 33.8 Å². The van der Waals surface area contributed by atoms with Gasteiger partial charge in [0.05, 0.1) is 25.3 Å². The Morgan fingerprint density at radius 1 is 1.36 bits per heavy atom. The third kappa shape index (κ3) is 6.34. The maximum atomic E-state index is 12.6. The van der Waals surface area contributed by atoms with E-state index in [0.29, 0.717) is 19.6 Å². The van der Waals surface area contributed by atoms with Crippen molar-refractivity contribution in [3.63, 3.8) is 0 Å².